The molecule has 6 heteroatoms. The molecule has 1 aromatic rings. The van der Waals surface area contributed by atoms with Gasteiger partial charge in [0.2, 0.25) is 6.41 Å². The van der Waals surface area contributed by atoms with Crippen LogP contribution in [0.25, 0.3) is 0 Å². The minimum atomic E-state index is -1.26. The van der Waals surface area contributed by atoms with E-state index in [0.29, 0.717) is 4.47 Å². The molecular formula is C9H7BrFNO3. The van der Waals surface area contributed by atoms with Gasteiger partial charge in [-0.05, 0) is 18.2 Å². The Kier molecular flexibility index (Phi) is 3.79. The van der Waals surface area contributed by atoms with Crippen molar-refractivity contribution < 1.29 is 19.1 Å². The highest BCUT2D eigenvalue weighted by atomic mass is 79.9. The molecule has 80 valence electrons. The first-order valence-corrected chi connectivity index (χ1v) is 4.73. The van der Waals surface area contributed by atoms with Crippen LogP contribution in [0.2, 0.25) is 0 Å². The molecule has 1 rings (SSSR count). The molecule has 0 aliphatic heterocycles. The molecule has 4 nitrogen and oxygen atoms in total. The van der Waals surface area contributed by atoms with Gasteiger partial charge in [-0.25, -0.2) is 9.18 Å². The lowest BCUT2D eigenvalue weighted by molar-refractivity contribution is -0.140. The summed E-state index contributed by atoms with van der Waals surface area (Å²) in [4.78, 5) is 21.0. The van der Waals surface area contributed by atoms with E-state index in [4.69, 9.17) is 5.11 Å². The van der Waals surface area contributed by atoms with Crippen molar-refractivity contribution in [3.63, 3.8) is 0 Å². The van der Waals surface area contributed by atoms with E-state index in [2.05, 4.69) is 21.2 Å². The Labute approximate surface area is 93.2 Å². The van der Waals surface area contributed by atoms with Crippen LogP contribution in [0.5, 0.6) is 0 Å². The van der Waals surface area contributed by atoms with Crippen LogP contribution >= 0.6 is 15.9 Å². The Morgan fingerprint density at radius 1 is 1.60 bits per heavy atom. The molecule has 0 saturated carbocycles. The number of carbonyl (C=O) groups excluding carboxylic acids is 1. The van der Waals surface area contributed by atoms with Crippen molar-refractivity contribution in [3.05, 3.63) is 34.1 Å². The third kappa shape index (κ3) is 2.76. The molecule has 0 saturated heterocycles. The van der Waals surface area contributed by atoms with Gasteiger partial charge >= 0.3 is 5.97 Å². The van der Waals surface area contributed by atoms with Crippen LogP contribution in [0.15, 0.2) is 22.7 Å². The van der Waals surface area contributed by atoms with Crippen LogP contribution in [0.1, 0.15) is 11.6 Å². The second-order valence-electron chi connectivity index (χ2n) is 2.72. The average Bonchev–Trinajstić information content (AvgIpc) is 2.18. The van der Waals surface area contributed by atoms with E-state index in [0.717, 1.165) is 6.07 Å². The van der Waals surface area contributed by atoms with Crippen molar-refractivity contribution in [2.45, 2.75) is 6.04 Å². The zero-order valence-electron chi connectivity index (χ0n) is 7.41. The molecular weight excluding hydrogens is 269 g/mol. The zero-order valence-corrected chi connectivity index (χ0v) is 8.99. The Morgan fingerprint density at radius 3 is 2.80 bits per heavy atom. The summed E-state index contributed by atoms with van der Waals surface area (Å²) in [5.41, 5.74) is 0.162. The zero-order chi connectivity index (χ0) is 11.4. The van der Waals surface area contributed by atoms with Gasteiger partial charge in [0.1, 0.15) is 5.82 Å². The Balaban J connectivity index is 3.15. The number of benzene rings is 1. The quantitative estimate of drug-likeness (QED) is 0.818. The number of hydrogen-bond acceptors (Lipinski definition) is 2. The van der Waals surface area contributed by atoms with Crippen LogP contribution in [0.4, 0.5) is 4.39 Å². The molecule has 1 aromatic carbocycles. The largest absolute Gasteiger partial charge is 0.479 e. The molecule has 0 radical (unpaired) electrons. The number of aliphatic carboxylic acids is 1. The summed E-state index contributed by atoms with van der Waals surface area (Å²) in [5.74, 6) is -1.82. The van der Waals surface area contributed by atoms with Crippen molar-refractivity contribution in [1.82, 2.24) is 5.32 Å². The normalized spacial score (nSPS) is 11.9. The van der Waals surface area contributed by atoms with Gasteiger partial charge in [-0.15, -0.1) is 0 Å². The summed E-state index contributed by atoms with van der Waals surface area (Å²) in [6.45, 7) is 0. The van der Waals surface area contributed by atoms with Crippen LogP contribution in [0.3, 0.4) is 0 Å². The molecule has 0 aliphatic rings. The number of carbonyl (C=O) groups is 2. The summed E-state index contributed by atoms with van der Waals surface area (Å²) >= 11 is 3.08. The van der Waals surface area contributed by atoms with Gasteiger partial charge in [0.15, 0.2) is 6.04 Å². The van der Waals surface area contributed by atoms with Crippen molar-refractivity contribution in [1.29, 1.82) is 0 Å². The van der Waals surface area contributed by atoms with E-state index in [1.807, 2.05) is 0 Å². The summed E-state index contributed by atoms with van der Waals surface area (Å²) in [6.07, 6.45) is 0.260. The fraction of sp³-hybridized carbons (Fsp3) is 0.111. The minimum absolute atomic E-state index is 0.162. The fourth-order valence-corrected chi connectivity index (χ4v) is 1.57. The molecule has 0 aromatic heterocycles. The smallest absolute Gasteiger partial charge is 0.330 e. The van der Waals surface area contributed by atoms with E-state index >= 15 is 0 Å². The number of halogens is 2. The highest BCUT2D eigenvalue weighted by molar-refractivity contribution is 9.10. The number of hydrogen-bond donors (Lipinski definition) is 2. The number of carboxylic acids is 1. The van der Waals surface area contributed by atoms with Crippen molar-refractivity contribution in [2.24, 2.45) is 0 Å². The summed E-state index contributed by atoms with van der Waals surface area (Å²) in [5, 5.41) is 10.9. The lowest BCUT2D eigenvalue weighted by Gasteiger charge is -2.13. The van der Waals surface area contributed by atoms with E-state index < -0.39 is 17.8 Å². The SMILES string of the molecule is O=CNC(C(=O)O)c1cc(F)ccc1Br. The van der Waals surface area contributed by atoms with Crippen molar-refractivity contribution >= 4 is 28.3 Å². The second kappa shape index (κ2) is 4.88. The lowest BCUT2D eigenvalue weighted by atomic mass is 10.1. The predicted octanol–water partition coefficient (Wildman–Crippen LogP) is 1.46. The minimum Gasteiger partial charge on any atom is -0.479 e. The van der Waals surface area contributed by atoms with Crippen molar-refractivity contribution in [3.8, 4) is 0 Å². The van der Waals surface area contributed by atoms with Gasteiger partial charge in [0, 0.05) is 10.0 Å². The Hall–Kier alpha value is -1.43. The van der Waals surface area contributed by atoms with Crippen LogP contribution < -0.4 is 5.32 Å². The van der Waals surface area contributed by atoms with Crippen LogP contribution in [0, 0.1) is 5.82 Å². The lowest BCUT2D eigenvalue weighted by Crippen LogP contribution is -2.27. The predicted molar refractivity (Wildman–Crippen MR) is 53.7 cm³/mol. The van der Waals surface area contributed by atoms with Gasteiger partial charge in [0.05, 0.1) is 0 Å². The Bertz CT molecular complexity index is 397. The van der Waals surface area contributed by atoms with Gasteiger partial charge in [0.25, 0.3) is 0 Å². The highest BCUT2D eigenvalue weighted by Crippen LogP contribution is 2.24. The maximum atomic E-state index is 12.9. The standard InChI is InChI=1S/C9H7BrFNO3/c10-7-2-1-5(11)3-6(7)8(9(14)15)12-4-13/h1-4,8H,(H,12,13)(H,14,15). The summed E-state index contributed by atoms with van der Waals surface area (Å²) in [6, 6.07) is 2.37. The first kappa shape index (κ1) is 11.6. The monoisotopic (exact) mass is 275 g/mol. The molecule has 2 N–H and O–H groups in total. The van der Waals surface area contributed by atoms with Crippen LogP contribution in [-0.4, -0.2) is 17.5 Å². The van der Waals surface area contributed by atoms with E-state index in [1.165, 1.54) is 12.1 Å². The molecule has 0 fully saturated rings. The molecule has 0 bridgehead atoms. The Morgan fingerprint density at radius 2 is 2.27 bits per heavy atom. The summed E-state index contributed by atoms with van der Waals surface area (Å²) in [7, 11) is 0. The number of rotatable bonds is 4. The van der Waals surface area contributed by atoms with Crippen LogP contribution in [-0.2, 0) is 9.59 Å². The summed E-state index contributed by atoms with van der Waals surface area (Å²) < 4.78 is 13.3. The van der Waals surface area contributed by atoms with Gasteiger partial charge < -0.3 is 10.4 Å². The molecule has 1 atom stereocenters. The molecule has 0 spiro atoms. The second-order valence-corrected chi connectivity index (χ2v) is 3.58. The first-order chi connectivity index (χ1) is 7.06. The first-order valence-electron chi connectivity index (χ1n) is 3.93. The number of amides is 1. The molecule has 0 aliphatic carbocycles. The van der Waals surface area contributed by atoms with Gasteiger partial charge in [-0.3, -0.25) is 4.79 Å². The number of nitrogens with one attached hydrogen (secondary N) is 1. The molecule has 1 unspecified atom stereocenters. The fourth-order valence-electron chi connectivity index (χ4n) is 1.10. The molecule has 1 amide bonds. The molecule has 0 heterocycles. The maximum absolute atomic E-state index is 12.9. The van der Waals surface area contributed by atoms with E-state index in [9.17, 15) is 14.0 Å². The van der Waals surface area contributed by atoms with Gasteiger partial charge in [-0.2, -0.15) is 0 Å². The maximum Gasteiger partial charge on any atom is 0.330 e. The topological polar surface area (TPSA) is 66.4 Å². The van der Waals surface area contributed by atoms with E-state index in [-0.39, 0.29) is 12.0 Å². The van der Waals surface area contributed by atoms with E-state index in [1.54, 1.807) is 0 Å². The third-order valence-electron chi connectivity index (χ3n) is 1.75. The third-order valence-corrected chi connectivity index (χ3v) is 2.47. The average molecular weight is 276 g/mol. The highest BCUT2D eigenvalue weighted by Gasteiger charge is 2.21. The number of carboxylic acid groups (broad SMARTS) is 1. The van der Waals surface area contributed by atoms with Crippen molar-refractivity contribution in [2.75, 3.05) is 0 Å². The van der Waals surface area contributed by atoms with Gasteiger partial charge in [-0.1, -0.05) is 15.9 Å². The molecule has 15 heavy (non-hydrogen) atoms.